The summed E-state index contributed by atoms with van der Waals surface area (Å²) in [5.41, 5.74) is 0. The topological polar surface area (TPSA) is 69.6 Å². The number of unbranched alkanes of at least 4 members (excludes halogenated alkanes) is 51. The van der Waals surface area contributed by atoms with Crippen molar-refractivity contribution in [2.24, 2.45) is 0 Å². The third kappa shape index (κ3) is 59.5. The van der Waals surface area contributed by atoms with Gasteiger partial charge in [0, 0.05) is 6.42 Å². The van der Waals surface area contributed by atoms with Crippen molar-refractivity contribution in [2.45, 2.75) is 386 Å². The molecule has 1 amide bonds. The minimum atomic E-state index is -0.862. The van der Waals surface area contributed by atoms with Crippen molar-refractivity contribution < 1.29 is 15.0 Å². The SMILES string of the molecule is CCCCCCCCCCCCCCCCCC/C=C\CCCCCCCCCCCCCCCCCCCC(=O)NC(CO)C(O)/C=C/CC/C=C/CCCCCCCCCCCCCCCCCCC. The Balaban J connectivity index is 3.44. The number of aliphatic hydroxyl groups excluding tert-OH is 2. The fourth-order valence-electron chi connectivity index (χ4n) is 10.5. The zero-order valence-corrected chi connectivity index (χ0v) is 49.2. The van der Waals surface area contributed by atoms with Gasteiger partial charge in [0.05, 0.1) is 18.8 Å². The molecular formula is C68H131NO3. The molecule has 4 nitrogen and oxygen atoms in total. The number of hydrogen-bond donors (Lipinski definition) is 3. The maximum Gasteiger partial charge on any atom is 0.220 e. The van der Waals surface area contributed by atoms with E-state index in [1.54, 1.807) is 6.08 Å². The summed E-state index contributed by atoms with van der Waals surface area (Å²) < 4.78 is 0. The Morgan fingerprint density at radius 1 is 0.319 bits per heavy atom. The molecular weight excluding hydrogens is 879 g/mol. The molecule has 0 spiro atoms. The summed E-state index contributed by atoms with van der Waals surface area (Å²) in [6, 6.07) is -0.639. The van der Waals surface area contributed by atoms with Crippen LogP contribution in [-0.4, -0.2) is 34.9 Å². The minimum Gasteiger partial charge on any atom is -0.394 e. The summed E-state index contributed by atoms with van der Waals surface area (Å²) in [6.45, 7) is 4.34. The number of hydrogen-bond acceptors (Lipinski definition) is 3. The molecule has 0 bridgehead atoms. The normalized spacial score (nSPS) is 12.9. The van der Waals surface area contributed by atoms with Crippen molar-refractivity contribution >= 4 is 5.91 Å². The summed E-state index contributed by atoms with van der Waals surface area (Å²) >= 11 is 0. The second-order valence-corrected chi connectivity index (χ2v) is 22.9. The lowest BCUT2D eigenvalue weighted by molar-refractivity contribution is -0.123. The van der Waals surface area contributed by atoms with E-state index < -0.39 is 12.1 Å². The molecule has 0 fully saturated rings. The van der Waals surface area contributed by atoms with Crippen molar-refractivity contribution in [3.8, 4) is 0 Å². The van der Waals surface area contributed by atoms with Crippen LogP contribution in [-0.2, 0) is 4.79 Å². The average molecular weight is 1010 g/mol. The van der Waals surface area contributed by atoms with E-state index in [0.717, 1.165) is 32.1 Å². The highest BCUT2D eigenvalue weighted by Gasteiger charge is 2.18. The number of allylic oxidation sites excluding steroid dienone is 5. The van der Waals surface area contributed by atoms with Gasteiger partial charge in [0.25, 0.3) is 0 Å². The summed E-state index contributed by atoms with van der Waals surface area (Å²) in [5, 5.41) is 23.2. The van der Waals surface area contributed by atoms with Crippen LogP contribution in [0.2, 0.25) is 0 Å². The van der Waals surface area contributed by atoms with Crippen LogP contribution in [0.15, 0.2) is 36.5 Å². The summed E-state index contributed by atoms with van der Waals surface area (Å²) in [4.78, 5) is 12.5. The number of carbonyl (C=O) groups is 1. The summed E-state index contributed by atoms with van der Waals surface area (Å²) in [5.74, 6) is -0.0669. The predicted molar refractivity (Wildman–Crippen MR) is 322 cm³/mol. The van der Waals surface area contributed by atoms with E-state index in [1.807, 2.05) is 6.08 Å². The molecule has 0 aromatic heterocycles. The zero-order valence-electron chi connectivity index (χ0n) is 49.2. The lowest BCUT2D eigenvalue weighted by atomic mass is 10.0. The highest BCUT2D eigenvalue weighted by molar-refractivity contribution is 5.76. The Morgan fingerprint density at radius 3 is 0.806 bits per heavy atom. The maximum atomic E-state index is 12.5. The van der Waals surface area contributed by atoms with Gasteiger partial charge in [-0.15, -0.1) is 0 Å². The van der Waals surface area contributed by atoms with E-state index in [-0.39, 0.29) is 12.5 Å². The van der Waals surface area contributed by atoms with Gasteiger partial charge in [-0.2, -0.15) is 0 Å². The highest BCUT2D eigenvalue weighted by Crippen LogP contribution is 2.18. The first kappa shape index (κ1) is 70.6. The number of carbonyl (C=O) groups excluding carboxylic acids is 1. The molecule has 0 rings (SSSR count). The molecule has 0 aliphatic carbocycles. The first-order chi connectivity index (χ1) is 35.7. The lowest BCUT2D eigenvalue weighted by Gasteiger charge is -2.19. The quantitative estimate of drug-likeness (QED) is 0.0420. The fourth-order valence-corrected chi connectivity index (χ4v) is 10.5. The Labute approximate surface area is 452 Å². The molecule has 0 aromatic carbocycles. The molecule has 72 heavy (non-hydrogen) atoms. The minimum absolute atomic E-state index is 0.0669. The van der Waals surface area contributed by atoms with Crippen molar-refractivity contribution in [3.05, 3.63) is 36.5 Å². The van der Waals surface area contributed by atoms with Crippen molar-refractivity contribution in [1.82, 2.24) is 5.32 Å². The van der Waals surface area contributed by atoms with Crippen LogP contribution in [0.25, 0.3) is 0 Å². The lowest BCUT2D eigenvalue weighted by Crippen LogP contribution is -2.45. The molecule has 0 saturated carbocycles. The smallest absolute Gasteiger partial charge is 0.220 e. The number of amides is 1. The van der Waals surface area contributed by atoms with Crippen LogP contribution in [0.5, 0.6) is 0 Å². The predicted octanol–water partition coefficient (Wildman–Crippen LogP) is 22.4. The molecule has 0 saturated heterocycles. The highest BCUT2D eigenvalue weighted by atomic mass is 16.3. The van der Waals surface area contributed by atoms with Crippen molar-refractivity contribution in [1.29, 1.82) is 0 Å². The van der Waals surface area contributed by atoms with E-state index in [2.05, 4.69) is 43.5 Å². The third-order valence-corrected chi connectivity index (χ3v) is 15.6. The van der Waals surface area contributed by atoms with Crippen molar-refractivity contribution in [2.75, 3.05) is 6.61 Å². The molecule has 0 aliphatic heterocycles. The van der Waals surface area contributed by atoms with Crippen LogP contribution >= 0.6 is 0 Å². The Hall–Kier alpha value is -1.39. The zero-order chi connectivity index (χ0) is 52.0. The van der Waals surface area contributed by atoms with Gasteiger partial charge < -0.3 is 15.5 Å². The summed E-state index contributed by atoms with van der Waals surface area (Å²) in [6.07, 6.45) is 88.0. The van der Waals surface area contributed by atoms with Crippen molar-refractivity contribution in [3.63, 3.8) is 0 Å². The van der Waals surface area contributed by atoms with Gasteiger partial charge in [0.15, 0.2) is 0 Å². The Bertz CT molecular complexity index is 1100. The first-order valence-corrected chi connectivity index (χ1v) is 33.2. The van der Waals surface area contributed by atoms with Gasteiger partial charge in [-0.05, 0) is 57.8 Å². The Kier molecular flexibility index (Phi) is 62.7. The number of rotatable bonds is 62. The van der Waals surface area contributed by atoms with Gasteiger partial charge in [-0.25, -0.2) is 0 Å². The molecule has 3 N–H and O–H groups in total. The van der Waals surface area contributed by atoms with Gasteiger partial charge in [-0.1, -0.05) is 346 Å². The van der Waals surface area contributed by atoms with Crippen LogP contribution in [0.4, 0.5) is 0 Å². The molecule has 0 aliphatic rings. The molecule has 0 heterocycles. The van der Waals surface area contributed by atoms with E-state index in [4.69, 9.17) is 0 Å². The summed E-state index contributed by atoms with van der Waals surface area (Å²) in [7, 11) is 0. The standard InChI is InChI=1S/C68H131NO3/c1-3-5-7-9-11-13-15-17-19-21-23-25-27-28-29-30-31-32-33-34-35-36-37-38-39-40-42-44-46-48-50-52-54-56-58-60-62-64-68(72)69-66(65-70)67(71)63-61-59-57-55-53-51-49-47-45-43-41-26-24-22-20-18-16-14-12-10-8-6-4-2/h32-33,53,55,61,63,66-67,70-71H,3-31,34-52,54,56-60,62,64-65H2,1-2H3,(H,69,72)/b33-32-,55-53+,63-61+. The van der Waals surface area contributed by atoms with E-state index in [0.29, 0.717) is 6.42 Å². The van der Waals surface area contributed by atoms with Crippen LogP contribution in [0.3, 0.4) is 0 Å². The molecule has 426 valence electrons. The number of nitrogens with one attached hydrogen (secondary N) is 1. The Morgan fingerprint density at radius 2 is 0.542 bits per heavy atom. The van der Waals surface area contributed by atoms with Gasteiger partial charge in [0.2, 0.25) is 5.91 Å². The fraction of sp³-hybridized carbons (Fsp3) is 0.897. The van der Waals surface area contributed by atoms with Crippen LogP contribution in [0.1, 0.15) is 373 Å². The average Bonchev–Trinajstić information content (AvgIpc) is 3.39. The molecule has 0 radical (unpaired) electrons. The van der Waals surface area contributed by atoms with Crippen LogP contribution < -0.4 is 5.32 Å². The van der Waals surface area contributed by atoms with E-state index in [1.165, 1.54) is 321 Å². The van der Waals surface area contributed by atoms with Gasteiger partial charge in [0.1, 0.15) is 0 Å². The van der Waals surface area contributed by atoms with Gasteiger partial charge in [-0.3, -0.25) is 4.79 Å². The number of aliphatic hydroxyl groups is 2. The molecule has 0 aromatic rings. The molecule has 2 atom stereocenters. The maximum absolute atomic E-state index is 12.5. The third-order valence-electron chi connectivity index (χ3n) is 15.6. The van der Waals surface area contributed by atoms with Gasteiger partial charge >= 0.3 is 0 Å². The first-order valence-electron chi connectivity index (χ1n) is 33.2. The van der Waals surface area contributed by atoms with Crippen LogP contribution in [0, 0.1) is 0 Å². The largest absolute Gasteiger partial charge is 0.394 e. The second-order valence-electron chi connectivity index (χ2n) is 22.9. The second kappa shape index (κ2) is 63.9. The molecule has 4 heteroatoms. The van der Waals surface area contributed by atoms with E-state index in [9.17, 15) is 15.0 Å². The molecule has 2 unspecified atom stereocenters. The monoisotopic (exact) mass is 1010 g/mol. The van der Waals surface area contributed by atoms with E-state index >= 15 is 0 Å².